The van der Waals surface area contributed by atoms with Gasteiger partial charge >= 0.3 is 12.1 Å². The quantitative estimate of drug-likeness (QED) is 0.737. The number of ether oxygens (including phenoxy) is 1. The van der Waals surface area contributed by atoms with Gasteiger partial charge in [-0.05, 0) is 40.5 Å². The van der Waals surface area contributed by atoms with Gasteiger partial charge in [0.1, 0.15) is 11.6 Å². The average Bonchev–Trinajstić information content (AvgIpc) is 2.23. The van der Waals surface area contributed by atoms with E-state index in [0.29, 0.717) is 12.8 Å². The van der Waals surface area contributed by atoms with Crippen molar-refractivity contribution in [1.82, 2.24) is 5.32 Å². The molecule has 0 heterocycles. The van der Waals surface area contributed by atoms with Crippen molar-refractivity contribution < 1.29 is 24.5 Å². The van der Waals surface area contributed by atoms with E-state index in [0.717, 1.165) is 12.8 Å². The number of amides is 1. The summed E-state index contributed by atoms with van der Waals surface area (Å²) in [6.07, 6.45) is 2.05. The zero-order valence-corrected chi connectivity index (χ0v) is 12.6. The van der Waals surface area contributed by atoms with E-state index in [1.54, 1.807) is 27.7 Å². The second-order valence-corrected chi connectivity index (χ2v) is 6.67. The molecule has 3 N–H and O–H groups in total. The van der Waals surface area contributed by atoms with Gasteiger partial charge in [0.2, 0.25) is 0 Å². The summed E-state index contributed by atoms with van der Waals surface area (Å²) in [5.74, 6) is -1.66. The summed E-state index contributed by atoms with van der Waals surface area (Å²) in [6.45, 7) is 6.75. The Morgan fingerprint density at radius 1 is 1.35 bits per heavy atom. The van der Waals surface area contributed by atoms with Crippen molar-refractivity contribution in [3.63, 3.8) is 0 Å². The molecule has 0 aliphatic heterocycles. The molecule has 0 saturated heterocycles. The number of rotatable bonds is 3. The van der Waals surface area contributed by atoms with Crippen LogP contribution in [0.5, 0.6) is 0 Å². The van der Waals surface area contributed by atoms with Crippen LogP contribution >= 0.6 is 0 Å². The number of carbonyl (C=O) groups excluding carboxylic acids is 1. The summed E-state index contributed by atoms with van der Waals surface area (Å²) < 4.78 is 5.08. The number of nitrogens with one attached hydrogen (secondary N) is 1. The summed E-state index contributed by atoms with van der Waals surface area (Å²) in [7, 11) is 0. The molecular weight excluding hydrogens is 262 g/mol. The van der Waals surface area contributed by atoms with E-state index < -0.39 is 35.2 Å². The highest BCUT2D eigenvalue weighted by Gasteiger charge is 2.43. The summed E-state index contributed by atoms with van der Waals surface area (Å²) in [5, 5.41) is 22.0. The van der Waals surface area contributed by atoms with Crippen LogP contribution in [0.25, 0.3) is 0 Å². The minimum absolute atomic E-state index is 0.513. The van der Waals surface area contributed by atoms with E-state index in [-0.39, 0.29) is 0 Å². The Morgan fingerprint density at radius 2 is 1.95 bits per heavy atom. The zero-order valence-electron chi connectivity index (χ0n) is 12.6. The number of alkyl carbamates (subject to hydrolysis) is 1. The molecule has 1 fully saturated rings. The molecule has 0 aromatic heterocycles. The first-order chi connectivity index (χ1) is 9.03. The van der Waals surface area contributed by atoms with E-state index in [9.17, 15) is 19.8 Å². The van der Waals surface area contributed by atoms with E-state index in [2.05, 4.69) is 5.32 Å². The molecular formula is C14H25NO5. The van der Waals surface area contributed by atoms with Crippen LogP contribution in [0.15, 0.2) is 0 Å². The summed E-state index contributed by atoms with van der Waals surface area (Å²) >= 11 is 0. The maximum atomic E-state index is 11.7. The van der Waals surface area contributed by atoms with Crippen LogP contribution in [0.1, 0.15) is 53.4 Å². The van der Waals surface area contributed by atoms with Gasteiger partial charge in [-0.2, -0.15) is 0 Å². The molecule has 1 aliphatic carbocycles. The Balaban J connectivity index is 2.79. The Kier molecular flexibility index (Phi) is 5.02. The minimum atomic E-state index is -1.15. The second-order valence-electron chi connectivity index (χ2n) is 6.67. The van der Waals surface area contributed by atoms with Crippen molar-refractivity contribution in [2.75, 3.05) is 0 Å². The predicted molar refractivity (Wildman–Crippen MR) is 73.4 cm³/mol. The second kappa shape index (κ2) is 5.99. The molecule has 1 amide bonds. The van der Waals surface area contributed by atoms with Gasteiger partial charge in [0.05, 0.1) is 5.60 Å². The predicted octanol–water partition coefficient (Wildman–Crippen LogP) is 1.91. The Labute approximate surface area is 119 Å². The fourth-order valence-corrected chi connectivity index (χ4v) is 2.64. The fraction of sp³-hybridized carbons (Fsp3) is 0.857. The van der Waals surface area contributed by atoms with Crippen LogP contribution < -0.4 is 5.32 Å². The number of aliphatic hydroxyl groups is 1. The highest BCUT2D eigenvalue weighted by Crippen LogP contribution is 2.35. The topological polar surface area (TPSA) is 95.9 Å². The Morgan fingerprint density at radius 3 is 2.40 bits per heavy atom. The monoisotopic (exact) mass is 287 g/mol. The van der Waals surface area contributed by atoms with Gasteiger partial charge in [0, 0.05) is 5.92 Å². The van der Waals surface area contributed by atoms with Crippen LogP contribution in [-0.2, 0) is 9.53 Å². The zero-order chi connectivity index (χ0) is 15.6. The third-order valence-electron chi connectivity index (χ3n) is 3.59. The van der Waals surface area contributed by atoms with Crippen LogP contribution in [0, 0.1) is 5.92 Å². The molecule has 0 aromatic rings. The molecule has 6 nitrogen and oxygen atoms in total. The Bertz CT molecular complexity index is 372. The van der Waals surface area contributed by atoms with Crippen LogP contribution in [0.4, 0.5) is 4.79 Å². The SMILES string of the molecule is CC(C)(C)OC(=O)NC(C(=O)O)[C@H]1CCCC[C@]1(C)O. The molecule has 1 unspecified atom stereocenters. The van der Waals surface area contributed by atoms with Crippen molar-refractivity contribution >= 4 is 12.1 Å². The van der Waals surface area contributed by atoms with Gasteiger partial charge in [0.15, 0.2) is 0 Å². The number of hydrogen-bond acceptors (Lipinski definition) is 4. The van der Waals surface area contributed by atoms with Crippen LogP contribution in [0.3, 0.4) is 0 Å². The molecule has 1 rings (SSSR count). The lowest BCUT2D eigenvalue weighted by Gasteiger charge is -2.40. The largest absolute Gasteiger partial charge is 0.480 e. The Hall–Kier alpha value is -1.30. The summed E-state index contributed by atoms with van der Waals surface area (Å²) in [6, 6.07) is -1.14. The summed E-state index contributed by atoms with van der Waals surface area (Å²) in [4.78, 5) is 23.2. The highest BCUT2D eigenvalue weighted by molar-refractivity contribution is 5.80. The number of hydrogen-bond donors (Lipinski definition) is 3. The molecule has 1 saturated carbocycles. The molecule has 0 radical (unpaired) electrons. The molecule has 116 valence electrons. The van der Waals surface area contributed by atoms with Crippen LogP contribution in [0.2, 0.25) is 0 Å². The number of aliphatic carboxylic acids is 1. The third-order valence-corrected chi connectivity index (χ3v) is 3.59. The van der Waals surface area contributed by atoms with Gasteiger partial charge in [-0.25, -0.2) is 9.59 Å². The maximum absolute atomic E-state index is 11.7. The molecule has 0 bridgehead atoms. The van der Waals surface area contributed by atoms with E-state index in [1.807, 2.05) is 0 Å². The average molecular weight is 287 g/mol. The molecule has 6 heteroatoms. The first kappa shape index (κ1) is 16.8. The third kappa shape index (κ3) is 4.67. The van der Waals surface area contributed by atoms with Crippen molar-refractivity contribution in [3.05, 3.63) is 0 Å². The fourth-order valence-electron chi connectivity index (χ4n) is 2.64. The van der Waals surface area contributed by atoms with E-state index in [1.165, 1.54) is 0 Å². The van der Waals surface area contributed by atoms with Gasteiger partial charge in [-0.15, -0.1) is 0 Å². The van der Waals surface area contributed by atoms with Crippen molar-refractivity contribution in [1.29, 1.82) is 0 Å². The number of carbonyl (C=O) groups is 2. The molecule has 20 heavy (non-hydrogen) atoms. The lowest BCUT2D eigenvalue weighted by atomic mass is 9.73. The smallest absolute Gasteiger partial charge is 0.408 e. The van der Waals surface area contributed by atoms with Gasteiger partial charge < -0.3 is 20.3 Å². The lowest BCUT2D eigenvalue weighted by molar-refractivity contribution is -0.146. The first-order valence-corrected chi connectivity index (χ1v) is 6.97. The van der Waals surface area contributed by atoms with Gasteiger partial charge in [-0.1, -0.05) is 12.8 Å². The summed E-state index contributed by atoms with van der Waals surface area (Å²) in [5.41, 5.74) is -1.78. The van der Waals surface area contributed by atoms with Crippen molar-refractivity contribution in [3.8, 4) is 0 Å². The minimum Gasteiger partial charge on any atom is -0.480 e. The van der Waals surface area contributed by atoms with E-state index in [4.69, 9.17) is 4.74 Å². The van der Waals surface area contributed by atoms with Crippen LogP contribution in [-0.4, -0.2) is 39.5 Å². The highest BCUT2D eigenvalue weighted by atomic mass is 16.6. The van der Waals surface area contributed by atoms with Crippen molar-refractivity contribution in [2.45, 2.75) is 70.6 Å². The first-order valence-electron chi connectivity index (χ1n) is 6.97. The van der Waals surface area contributed by atoms with E-state index >= 15 is 0 Å². The molecule has 3 atom stereocenters. The lowest BCUT2D eigenvalue weighted by Crippen LogP contribution is -2.55. The molecule has 0 spiro atoms. The number of carboxylic acids is 1. The standard InChI is InChI=1S/C14H25NO5/c1-13(2,3)20-12(18)15-10(11(16)17)9-7-5-6-8-14(9,4)19/h9-10,19H,5-8H2,1-4H3,(H,15,18)(H,16,17)/t9-,10?,14+/m1/s1. The maximum Gasteiger partial charge on any atom is 0.408 e. The molecule has 0 aromatic carbocycles. The van der Waals surface area contributed by atoms with Gasteiger partial charge in [-0.3, -0.25) is 0 Å². The number of carboxylic acid groups (broad SMARTS) is 1. The normalized spacial score (nSPS) is 28.6. The van der Waals surface area contributed by atoms with Crippen molar-refractivity contribution in [2.24, 2.45) is 5.92 Å². The van der Waals surface area contributed by atoms with Gasteiger partial charge in [0.25, 0.3) is 0 Å². The molecule has 1 aliphatic rings.